The van der Waals surface area contributed by atoms with Crippen LogP contribution in [-0.2, 0) is 6.42 Å². The first-order valence-electron chi connectivity index (χ1n) is 9.85. The molecule has 9 nitrogen and oxygen atoms in total. The molecule has 2 aromatic carbocycles. The number of hydrogen-bond acceptors (Lipinski definition) is 8. The highest BCUT2D eigenvalue weighted by Crippen LogP contribution is 2.14. The van der Waals surface area contributed by atoms with E-state index in [1.807, 2.05) is 31.2 Å². The summed E-state index contributed by atoms with van der Waals surface area (Å²) in [6, 6.07) is 13.2. The van der Waals surface area contributed by atoms with Gasteiger partial charge in [-0.2, -0.15) is 14.6 Å². The highest BCUT2D eigenvalue weighted by Gasteiger charge is 2.12. The zero-order valence-electron chi connectivity index (χ0n) is 17.1. The van der Waals surface area contributed by atoms with Crippen molar-refractivity contribution in [3.63, 3.8) is 0 Å². The highest BCUT2D eigenvalue weighted by molar-refractivity contribution is 7.15. The van der Waals surface area contributed by atoms with Gasteiger partial charge >= 0.3 is 0 Å². The predicted octanol–water partition coefficient (Wildman–Crippen LogP) is 2.35. The van der Waals surface area contributed by atoms with E-state index in [0.717, 1.165) is 33.6 Å². The van der Waals surface area contributed by atoms with Crippen LogP contribution in [0.5, 0.6) is 5.75 Å². The lowest BCUT2D eigenvalue weighted by Crippen LogP contribution is -2.28. The molecule has 0 amide bonds. The number of hydrogen-bond donors (Lipinski definition) is 0. The summed E-state index contributed by atoms with van der Waals surface area (Å²) in [5.41, 5.74) is 0.707. The average molecular weight is 450 g/mol. The Labute approximate surface area is 185 Å². The second-order valence-electron chi connectivity index (χ2n) is 6.99. The number of nitrogens with zero attached hydrogens (tertiary/aromatic N) is 4. The summed E-state index contributed by atoms with van der Waals surface area (Å²) < 4.78 is 7.01. The number of non-ortho nitro benzene ring substituents is 1. The van der Waals surface area contributed by atoms with E-state index in [4.69, 9.17) is 4.74 Å². The van der Waals surface area contributed by atoms with Crippen molar-refractivity contribution < 1.29 is 9.66 Å². The first-order valence-corrected chi connectivity index (χ1v) is 10.7. The van der Waals surface area contributed by atoms with Gasteiger partial charge < -0.3 is 4.74 Å². The normalized spacial score (nSPS) is 11.7. The van der Waals surface area contributed by atoms with E-state index in [9.17, 15) is 19.7 Å². The van der Waals surface area contributed by atoms with Gasteiger partial charge in [0.25, 0.3) is 16.8 Å². The summed E-state index contributed by atoms with van der Waals surface area (Å²) >= 11 is 1.04. The fourth-order valence-corrected chi connectivity index (χ4v) is 3.92. The largest absolute Gasteiger partial charge is 0.494 e. The van der Waals surface area contributed by atoms with Crippen LogP contribution in [0, 0.1) is 10.1 Å². The predicted molar refractivity (Wildman–Crippen MR) is 120 cm³/mol. The molecule has 0 saturated heterocycles. The van der Waals surface area contributed by atoms with Gasteiger partial charge in [-0.15, -0.1) is 0 Å². The molecule has 0 aliphatic heterocycles. The molecule has 162 valence electrons. The number of fused-ring (bicyclic) bond motifs is 1. The molecule has 0 bridgehead atoms. The molecule has 0 aliphatic rings. The van der Waals surface area contributed by atoms with Crippen LogP contribution in [0.4, 0.5) is 5.69 Å². The van der Waals surface area contributed by atoms with Crippen molar-refractivity contribution in [1.82, 2.24) is 14.6 Å². The van der Waals surface area contributed by atoms with Crippen molar-refractivity contribution in [2.45, 2.75) is 19.8 Å². The Kier molecular flexibility index (Phi) is 6.04. The minimum atomic E-state index is -0.491. The van der Waals surface area contributed by atoms with E-state index in [1.165, 1.54) is 12.1 Å². The first kappa shape index (κ1) is 21.3. The fraction of sp³-hybridized carbons (Fsp3) is 0.182. The van der Waals surface area contributed by atoms with Gasteiger partial charge in [-0.3, -0.25) is 19.7 Å². The summed E-state index contributed by atoms with van der Waals surface area (Å²) in [6.45, 7) is 2.66. The Morgan fingerprint density at radius 3 is 2.50 bits per heavy atom. The van der Waals surface area contributed by atoms with Crippen molar-refractivity contribution in [3.05, 3.63) is 101 Å². The number of benzene rings is 2. The molecule has 10 heteroatoms. The molecule has 0 radical (unpaired) electrons. The van der Waals surface area contributed by atoms with Crippen LogP contribution < -0.4 is 20.4 Å². The molecule has 0 aliphatic carbocycles. The van der Waals surface area contributed by atoms with E-state index < -0.39 is 16.0 Å². The molecule has 2 heterocycles. The molecule has 0 fully saturated rings. The number of nitro groups is 1. The molecule has 32 heavy (non-hydrogen) atoms. The Hall–Kier alpha value is -3.92. The minimum absolute atomic E-state index is 0.0378. The van der Waals surface area contributed by atoms with Crippen molar-refractivity contribution in [2.24, 2.45) is 0 Å². The molecule has 2 aromatic heterocycles. The van der Waals surface area contributed by atoms with Crippen LogP contribution in [0.15, 0.2) is 58.1 Å². The number of thiazole rings is 1. The van der Waals surface area contributed by atoms with Crippen molar-refractivity contribution in [1.29, 1.82) is 0 Å². The molecule has 4 aromatic rings. The van der Waals surface area contributed by atoms with Gasteiger partial charge in [0, 0.05) is 18.6 Å². The molecular formula is C22H18N4O5S. The van der Waals surface area contributed by atoms with Crippen LogP contribution in [-0.4, -0.2) is 26.1 Å². The van der Waals surface area contributed by atoms with Crippen LogP contribution in [0.25, 0.3) is 11.0 Å². The summed E-state index contributed by atoms with van der Waals surface area (Å²) in [4.78, 5) is 39.7. The maximum Gasteiger partial charge on any atom is 0.296 e. The van der Waals surface area contributed by atoms with Crippen molar-refractivity contribution >= 4 is 28.1 Å². The van der Waals surface area contributed by atoms with Crippen LogP contribution in [0.2, 0.25) is 0 Å². The fourth-order valence-electron chi connectivity index (χ4n) is 3.01. The standard InChI is InChI=1S/C22H18N4O5S/c1-2-11-31-17-9-5-14(6-10-17)12-18-20(27)23-22-25(24-18)21(28)19(32-22)13-15-3-7-16(8-4-15)26(29)30/h3-10,13H,2,11-12H2,1H3/b19-13-. The topological polar surface area (TPSA) is 117 Å². The van der Waals surface area contributed by atoms with Crippen molar-refractivity contribution in [2.75, 3.05) is 6.61 Å². The van der Waals surface area contributed by atoms with Crippen LogP contribution in [0.1, 0.15) is 30.2 Å². The Balaban J connectivity index is 1.65. The summed E-state index contributed by atoms with van der Waals surface area (Å²) in [7, 11) is 0. The summed E-state index contributed by atoms with van der Waals surface area (Å²) in [5.74, 6) is 0.750. The Morgan fingerprint density at radius 1 is 1.12 bits per heavy atom. The third kappa shape index (κ3) is 4.54. The second-order valence-corrected chi connectivity index (χ2v) is 8.00. The Morgan fingerprint density at radius 2 is 1.84 bits per heavy atom. The first-order chi connectivity index (χ1) is 15.4. The molecule has 0 atom stereocenters. The highest BCUT2D eigenvalue weighted by atomic mass is 32.1. The third-order valence-corrected chi connectivity index (χ3v) is 5.58. The maximum atomic E-state index is 12.8. The Bertz CT molecular complexity index is 1440. The number of ether oxygens (including phenoxy) is 1. The summed E-state index contributed by atoms with van der Waals surface area (Å²) in [5, 5.41) is 15.0. The SMILES string of the molecule is CCCOc1ccc(Cc2nn3c(=O)/c(=C/c4ccc([N+](=O)[O-])cc4)sc3nc2=O)cc1. The van der Waals surface area contributed by atoms with Gasteiger partial charge in [-0.05, 0) is 47.9 Å². The smallest absolute Gasteiger partial charge is 0.296 e. The van der Waals surface area contributed by atoms with Gasteiger partial charge in [-0.1, -0.05) is 30.4 Å². The van der Waals surface area contributed by atoms with E-state index in [0.29, 0.717) is 16.7 Å². The zero-order chi connectivity index (χ0) is 22.7. The third-order valence-electron chi connectivity index (χ3n) is 4.62. The maximum absolute atomic E-state index is 12.8. The lowest BCUT2D eigenvalue weighted by molar-refractivity contribution is -0.384. The molecule has 0 saturated carbocycles. The number of aromatic nitrogens is 3. The second kappa shape index (κ2) is 9.06. The average Bonchev–Trinajstić information content (AvgIpc) is 3.08. The molecular weight excluding hydrogens is 432 g/mol. The quantitative estimate of drug-likeness (QED) is 0.313. The van der Waals surface area contributed by atoms with Gasteiger partial charge in [0.2, 0.25) is 4.96 Å². The number of rotatable bonds is 7. The van der Waals surface area contributed by atoms with Gasteiger partial charge in [0.15, 0.2) is 0 Å². The van der Waals surface area contributed by atoms with Gasteiger partial charge in [0.1, 0.15) is 11.4 Å². The van der Waals surface area contributed by atoms with Crippen LogP contribution in [0.3, 0.4) is 0 Å². The zero-order valence-corrected chi connectivity index (χ0v) is 17.9. The lowest BCUT2D eigenvalue weighted by atomic mass is 10.1. The molecule has 0 N–H and O–H groups in total. The monoisotopic (exact) mass is 450 g/mol. The van der Waals surface area contributed by atoms with E-state index in [2.05, 4.69) is 10.1 Å². The van der Waals surface area contributed by atoms with Crippen molar-refractivity contribution in [3.8, 4) is 5.75 Å². The lowest BCUT2D eigenvalue weighted by Gasteiger charge is -2.05. The minimum Gasteiger partial charge on any atom is -0.494 e. The van der Waals surface area contributed by atoms with Crippen LogP contribution >= 0.6 is 11.3 Å². The van der Waals surface area contributed by atoms with E-state index in [1.54, 1.807) is 18.2 Å². The van der Waals surface area contributed by atoms with Gasteiger partial charge in [0.05, 0.1) is 16.1 Å². The van der Waals surface area contributed by atoms with E-state index in [-0.39, 0.29) is 22.8 Å². The molecule has 4 rings (SSSR count). The van der Waals surface area contributed by atoms with E-state index >= 15 is 0 Å². The molecule has 0 unspecified atom stereocenters. The molecule has 0 spiro atoms. The summed E-state index contributed by atoms with van der Waals surface area (Å²) in [6.07, 6.45) is 2.74. The van der Waals surface area contributed by atoms with Gasteiger partial charge in [-0.25, -0.2) is 0 Å². The number of nitro benzene ring substituents is 1.